The fourth-order valence-corrected chi connectivity index (χ4v) is 3.65. The molecule has 108 valence electrons. The van der Waals surface area contributed by atoms with E-state index in [1.165, 1.54) is 18.5 Å². The summed E-state index contributed by atoms with van der Waals surface area (Å²) in [6.07, 6.45) is 5.58. The second-order valence-corrected chi connectivity index (χ2v) is 6.82. The van der Waals surface area contributed by atoms with Crippen molar-refractivity contribution in [2.45, 2.75) is 37.1 Å². The highest BCUT2D eigenvalue weighted by atomic mass is 32.2. The number of nitrogens with zero attached hydrogens (tertiary/aromatic N) is 1. The molecule has 1 aliphatic carbocycles. The van der Waals surface area contributed by atoms with Crippen molar-refractivity contribution in [2.24, 2.45) is 5.92 Å². The van der Waals surface area contributed by atoms with Crippen molar-refractivity contribution in [3.05, 3.63) is 24.0 Å². The summed E-state index contributed by atoms with van der Waals surface area (Å²) >= 11 is 0. The maximum Gasteiger partial charge on any atom is 0.242 e. The Bertz CT molecular complexity index is 631. The predicted molar refractivity (Wildman–Crippen MR) is 75.3 cm³/mol. The summed E-state index contributed by atoms with van der Waals surface area (Å²) in [6, 6.07) is 1.47. The SMILES string of the molecule is CC1CCC(NS(=O)(=O)c2cncc(C#CCO)c2)C1. The first-order valence-corrected chi connectivity index (χ1v) is 8.06. The van der Waals surface area contributed by atoms with Gasteiger partial charge in [0.05, 0.1) is 0 Å². The van der Waals surface area contributed by atoms with Crippen LogP contribution in [0.4, 0.5) is 0 Å². The van der Waals surface area contributed by atoms with Crippen LogP contribution in [-0.2, 0) is 10.0 Å². The Hall–Kier alpha value is -1.42. The van der Waals surface area contributed by atoms with Crippen LogP contribution >= 0.6 is 0 Å². The minimum Gasteiger partial charge on any atom is -0.384 e. The largest absolute Gasteiger partial charge is 0.384 e. The van der Waals surface area contributed by atoms with Crippen LogP contribution in [0.5, 0.6) is 0 Å². The number of rotatable bonds is 3. The van der Waals surface area contributed by atoms with Gasteiger partial charge in [-0.25, -0.2) is 13.1 Å². The van der Waals surface area contributed by atoms with E-state index in [1.807, 2.05) is 0 Å². The van der Waals surface area contributed by atoms with Gasteiger partial charge in [-0.3, -0.25) is 4.98 Å². The third-order valence-corrected chi connectivity index (χ3v) is 4.84. The van der Waals surface area contributed by atoms with Gasteiger partial charge in [-0.2, -0.15) is 0 Å². The molecule has 5 nitrogen and oxygen atoms in total. The van der Waals surface area contributed by atoms with Crippen LogP contribution in [0.2, 0.25) is 0 Å². The van der Waals surface area contributed by atoms with E-state index in [2.05, 4.69) is 28.5 Å². The van der Waals surface area contributed by atoms with Crippen molar-refractivity contribution < 1.29 is 13.5 Å². The van der Waals surface area contributed by atoms with Gasteiger partial charge in [-0.05, 0) is 31.2 Å². The molecule has 20 heavy (non-hydrogen) atoms. The molecule has 2 unspecified atom stereocenters. The Labute approximate surface area is 119 Å². The number of hydrogen-bond donors (Lipinski definition) is 2. The Morgan fingerprint density at radius 3 is 2.90 bits per heavy atom. The number of sulfonamides is 1. The van der Waals surface area contributed by atoms with E-state index in [0.717, 1.165) is 19.3 Å². The first-order valence-electron chi connectivity index (χ1n) is 6.58. The Kier molecular flexibility index (Phi) is 4.76. The fourth-order valence-electron chi connectivity index (χ4n) is 2.38. The molecule has 0 aromatic carbocycles. The zero-order chi connectivity index (χ0) is 14.6. The van der Waals surface area contributed by atoms with Crippen LogP contribution in [-0.4, -0.2) is 31.2 Å². The lowest BCUT2D eigenvalue weighted by Gasteiger charge is -2.12. The lowest BCUT2D eigenvalue weighted by molar-refractivity contribution is 0.350. The number of hydrogen-bond acceptors (Lipinski definition) is 4. The van der Waals surface area contributed by atoms with Crippen LogP contribution in [0.15, 0.2) is 23.4 Å². The number of nitrogens with one attached hydrogen (secondary N) is 1. The molecule has 0 amide bonds. The third-order valence-electron chi connectivity index (χ3n) is 3.35. The van der Waals surface area contributed by atoms with Gasteiger partial charge < -0.3 is 5.11 Å². The maximum absolute atomic E-state index is 12.3. The molecule has 2 atom stereocenters. The van der Waals surface area contributed by atoms with E-state index in [-0.39, 0.29) is 17.5 Å². The first kappa shape index (κ1) is 15.0. The summed E-state index contributed by atoms with van der Waals surface area (Å²) in [5, 5.41) is 8.65. The first-order chi connectivity index (χ1) is 9.51. The summed E-state index contributed by atoms with van der Waals surface area (Å²) in [5.41, 5.74) is 0.474. The van der Waals surface area contributed by atoms with Crippen molar-refractivity contribution >= 4 is 10.0 Å². The summed E-state index contributed by atoms with van der Waals surface area (Å²) in [7, 11) is -3.56. The summed E-state index contributed by atoms with van der Waals surface area (Å²) in [6.45, 7) is 1.86. The zero-order valence-corrected chi connectivity index (χ0v) is 12.2. The van der Waals surface area contributed by atoms with Gasteiger partial charge in [0.2, 0.25) is 10.0 Å². The summed E-state index contributed by atoms with van der Waals surface area (Å²) < 4.78 is 27.3. The van der Waals surface area contributed by atoms with Gasteiger partial charge in [0.15, 0.2) is 0 Å². The average Bonchev–Trinajstić information content (AvgIpc) is 2.81. The number of aliphatic hydroxyl groups is 1. The molecule has 0 spiro atoms. The minimum absolute atomic E-state index is 0.00202. The lowest BCUT2D eigenvalue weighted by atomic mass is 10.1. The van der Waals surface area contributed by atoms with Crippen LogP contribution < -0.4 is 4.72 Å². The molecule has 0 bridgehead atoms. The molecular formula is C14H18N2O3S. The van der Waals surface area contributed by atoms with Gasteiger partial charge in [-0.1, -0.05) is 18.8 Å². The quantitative estimate of drug-likeness (QED) is 0.812. The maximum atomic E-state index is 12.3. The molecule has 6 heteroatoms. The Balaban J connectivity index is 2.16. The standard InChI is InChI=1S/C14H18N2O3S/c1-11-4-5-13(7-11)16-20(18,19)14-8-12(3-2-6-17)9-15-10-14/h8-11,13,16-17H,4-7H2,1H3. The molecule has 1 fully saturated rings. The lowest BCUT2D eigenvalue weighted by Crippen LogP contribution is -2.33. The van der Waals surface area contributed by atoms with E-state index in [9.17, 15) is 8.42 Å². The minimum atomic E-state index is -3.56. The third kappa shape index (κ3) is 3.79. The molecule has 1 aliphatic rings. The van der Waals surface area contributed by atoms with Crippen LogP contribution in [0, 0.1) is 17.8 Å². The molecule has 0 saturated heterocycles. The van der Waals surface area contributed by atoms with Gasteiger partial charge in [-0.15, -0.1) is 0 Å². The number of aromatic nitrogens is 1. The van der Waals surface area contributed by atoms with Gasteiger partial charge >= 0.3 is 0 Å². The van der Waals surface area contributed by atoms with Crippen molar-refractivity contribution in [3.63, 3.8) is 0 Å². The highest BCUT2D eigenvalue weighted by molar-refractivity contribution is 7.89. The smallest absolute Gasteiger partial charge is 0.242 e. The molecule has 1 aromatic heterocycles. The van der Waals surface area contributed by atoms with E-state index >= 15 is 0 Å². The second kappa shape index (κ2) is 6.35. The monoisotopic (exact) mass is 294 g/mol. The summed E-state index contributed by atoms with van der Waals surface area (Å²) in [4.78, 5) is 4.00. The predicted octanol–water partition coefficient (Wildman–Crippen LogP) is 0.892. The van der Waals surface area contributed by atoms with E-state index in [1.54, 1.807) is 0 Å². The molecule has 2 rings (SSSR count). The van der Waals surface area contributed by atoms with Crippen molar-refractivity contribution in [1.82, 2.24) is 9.71 Å². The molecule has 0 aliphatic heterocycles. The Morgan fingerprint density at radius 2 is 2.25 bits per heavy atom. The highest BCUT2D eigenvalue weighted by Crippen LogP contribution is 2.26. The molecule has 1 saturated carbocycles. The van der Waals surface area contributed by atoms with Crippen LogP contribution in [0.3, 0.4) is 0 Å². The second-order valence-electron chi connectivity index (χ2n) is 5.11. The van der Waals surface area contributed by atoms with Gasteiger partial charge in [0.1, 0.15) is 11.5 Å². The molecule has 1 aromatic rings. The highest BCUT2D eigenvalue weighted by Gasteiger charge is 2.26. The van der Waals surface area contributed by atoms with Crippen molar-refractivity contribution in [3.8, 4) is 11.8 Å². The van der Waals surface area contributed by atoms with Crippen molar-refractivity contribution in [1.29, 1.82) is 0 Å². The molecule has 0 radical (unpaired) electrons. The Morgan fingerprint density at radius 1 is 1.45 bits per heavy atom. The van der Waals surface area contributed by atoms with Gasteiger partial charge in [0, 0.05) is 24.0 Å². The van der Waals surface area contributed by atoms with Crippen molar-refractivity contribution in [2.75, 3.05) is 6.61 Å². The van der Waals surface area contributed by atoms with E-state index < -0.39 is 10.0 Å². The normalized spacial score (nSPS) is 22.3. The summed E-state index contributed by atoms with van der Waals surface area (Å²) in [5.74, 6) is 5.68. The average molecular weight is 294 g/mol. The fraction of sp³-hybridized carbons (Fsp3) is 0.500. The number of aliphatic hydroxyl groups excluding tert-OH is 1. The van der Waals surface area contributed by atoms with E-state index in [0.29, 0.717) is 11.5 Å². The molecule has 2 N–H and O–H groups in total. The topological polar surface area (TPSA) is 79.3 Å². The van der Waals surface area contributed by atoms with Gasteiger partial charge in [0.25, 0.3) is 0 Å². The molecule has 1 heterocycles. The van der Waals surface area contributed by atoms with Crippen LogP contribution in [0.25, 0.3) is 0 Å². The molecular weight excluding hydrogens is 276 g/mol. The zero-order valence-electron chi connectivity index (χ0n) is 11.3. The van der Waals surface area contributed by atoms with E-state index in [4.69, 9.17) is 5.11 Å². The van der Waals surface area contributed by atoms with Crippen LogP contribution in [0.1, 0.15) is 31.7 Å². The number of pyridine rings is 1.